The van der Waals surface area contributed by atoms with Crippen LogP contribution >= 0.6 is 0 Å². The van der Waals surface area contributed by atoms with E-state index in [2.05, 4.69) is 42.7 Å². The second-order valence-corrected chi connectivity index (χ2v) is 5.43. The first-order chi connectivity index (χ1) is 10.0. The Morgan fingerprint density at radius 3 is 2.29 bits per heavy atom. The van der Waals surface area contributed by atoms with Gasteiger partial charge in [0.05, 0.1) is 6.54 Å². The molecule has 0 saturated carbocycles. The number of amides is 1. The van der Waals surface area contributed by atoms with Crippen LogP contribution in [-0.4, -0.2) is 12.5 Å². The van der Waals surface area contributed by atoms with Crippen molar-refractivity contribution in [1.82, 2.24) is 5.32 Å². The van der Waals surface area contributed by atoms with Gasteiger partial charge in [-0.25, -0.2) is 0 Å². The van der Waals surface area contributed by atoms with Crippen molar-refractivity contribution in [2.45, 2.75) is 27.3 Å². The number of aryl methyl sites for hydroxylation is 3. The van der Waals surface area contributed by atoms with Crippen molar-refractivity contribution in [2.75, 3.05) is 11.9 Å². The molecule has 0 heterocycles. The van der Waals surface area contributed by atoms with Gasteiger partial charge in [0, 0.05) is 12.2 Å². The van der Waals surface area contributed by atoms with Crippen LogP contribution in [-0.2, 0) is 11.3 Å². The minimum Gasteiger partial charge on any atom is -0.376 e. The molecule has 0 unspecified atom stereocenters. The molecular weight excluding hydrogens is 260 g/mol. The van der Waals surface area contributed by atoms with Crippen LogP contribution in [0.2, 0.25) is 0 Å². The number of anilines is 1. The first-order valence-corrected chi connectivity index (χ1v) is 7.18. The monoisotopic (exact) mass is 282 g/mol. The van der Waals surface area contributed by atoms with Crippen molar-refractivity contribution in [3.63, 3.8) is 0 Å². The topological polar surface area (TPSA) is 41.1 Å². The maximum Gasteiger partial charge on any atom is 0.239 e. The number of benzene rings is 2. The largest absolute Gasteiger partial charge is 0.376 e. The molecule has 110 valence electrons. The van der Waals surface area contributed by atoms with E-state index < -0.39 is 0 Å². The van der Waals surface area contributed by atoms with Crippen molar-refractivity contribution in [3.05, 3.63) is 64.7 Å². The molecule has 3 nitrogen and oxygen atoms in total. The van der Waals surface area contributed by atoms with E-state index in [1.165, 1.54) is 11.1 Å². The van der Waals surface area contributed by atoms with Gasteiger partial charge in [-0.3, -0.25) is 4.79 Å². The van der Waals surface area contributed by atoms with Gasteiger partial charge in [-0.2, -0.15) is 0 Å². The molecule has 0 bridgehead atoms. The van der Waals surface area contributed by atoms with Crippen LogP contribution in [0.1, 0.15) is 22.3 Å². The van der Waals surface area contributed by atoms with Crippen molar-refractivity contribution >= 4 is 11.6 Å². The molecule has 0 saturated heterocycles. The lowest BCUT2D eigenvalue weighted by atomic mass is 10.1. The maximum atomic E-state index is 11.9. The molecule has 0 aliphatic heterocycles. The van der Waals surface area contributed by atoms with Crippen LogP contribution in [0.4, 0.5) is 5.69 Å². The van der Waals surface area contributed by atoms with Gasteiger partial charge in [-0.1, -0.05) is 47.5 Å². The number of carbonyl (C=O) groups excluding carboxylic acids is 1. The maximum absolute atomic E-state index is 11.9. The SMILES string of the molecule is Cc1ccc(CNC(=O)CNc2ccc(C)cc2C)cc1. The van der Waals surface area contributed by atoms with Gasteiger partial charge < -0.3 is 10.6 Å². The number of hydrogen-bond acceptors (Lipinski definition) is 2. The fourth-order valence-corrected chi connectivity index (χ4v) is 2.16. The Hall–Kier alpha value is -2.29. The lowest BCUT2D eigenvalue weighted by Crippen LogP contribution is -2.29. The highest BCUT2D eigenvalue weighted by atomic mass is 16.1. The van der Waals surface area contributed by atoms with Gasteiger partial charge in [0.2, 0.25) is 5.91 Å². The quantitative estimate of drug-likeness (QED) is 0.883. The van der Waals surface area contributed by atoms with Crippen LogP contribution in [0.5, 0.6) is 0 Å². The molecule has 2 aromatic carbocycles. The van der Waals surface area contributed by atoms with Crippen molar-refractivity contribution < 1.29 is 4.79 Å². The lowest BCUT2D eigenvalue weighted by molar-refractivity contribution is -0.119. The summed E-state index contributed by atoms with van der Waals surface area (Å²) in [5.41, 5.74) is 5.72. The van der Waals surface area contributed by atoms with Gasteiger partial charge in [-0.15, -0.1) is 0 Å². The summed E-state index contributed by atoms with van der Waals surface area (Å²) in [5.74, 6) is -0.00412. The number of rotatable bonds is 5. The van der Waals surface area contributed by atoms with Crippen LogP contribution in [0.15, 0.2) is 42.5 Å². The number of nitrogens with one attached hydrogen (secondary N) is 2. The summed E-state index contributed by atoms with van der Waals surface area (Å²) >= 11 is 0. The van der Waals surface area contributed by atoms with E-state index >= 15 is 0 Å². The van der Waals surface area contributed by atoms with E-state index in [1.54, 1.807) is 0 Å². The summed E-state index contributed by atoms with van der Waals surface area (Å²) in [6.07, 6.45) is 0. The Morgan fingerprint density at radius 2 is 1.62 bits per heavy atom. The standard InChI is InChI=1S/C18H22N2O/c1-13-4-7-16(8-5-13)11-20-18(21)12-19-17-9-6-14(2)10-15(17)3/h4-10,19H,11-12H2,1-3H3,(H,20,21). The molecule has 0 radical (unpaired) electrons. The highest BCUT2D eigenvalue weighted by Crippen LogP contribution is 2.15. The fraction of sp³-hybridized carbons (Fsp3) is 0.278. The van der Waals surface area contributed by atoms with Gasteiger partial charge in [-0.05, 0) is 38.0 Å². The van der Waals surface area contributed by atoms with E-state index in [0.717, 1.165) is 16.8 Å². The van der Waals surface area contributed by atoms with Crippen LogP contribution < -0.4 is 10.6 Å². The van der Waals surface area contributed by atoms with Gasteiger partial charge >= 0.3 is 0 Å². The van der Waals surface area contributed by atoms with Crippen LogP contribution in [0.25, 0.3) is 0 Å². The molecule has 2 N–H and O–H groups in total. The zero-order valence-electron chi connectivity index (χ0n) is 12.9. The average Bonchev–Trinajstić information content (AvgIpc) is 2.46. The normalized spacial score (nSPS) is 10.2. The van der Waals surface area contributed by atoms with E-state index in [9.17, 15) is 4.79 Å². The van der Waals surface area contributed by atoms with Gasteiger partial charge in [0.15, 0.2) is 0 Å². The minimum absolute atomic E-state index is 0.00412. The number of hydrogen-bond donors (Lipinski definition) is 2. The Labute approximate surface area is 126 Å². The third-order valence-electron chi connectivity index (χ3n) is 3.43. The first kappa shape index (κ1) is 15.1. The Morgan fingerprint density at radius 1 is 0.952 bits per heavy atom. The van der Waals surface area contributed by atoms with E-state index in [-0.39, 0.29) is 12.5 Å². The summed E-state index contributed by atoms with van der Waals surface area (Å²) in [5, 5.41) is 6.09. The highest BCUT2D eigenvalue weighted by molar-refractivity contribution is 5.80. The fourth-order valence-electron chi connectivity index (χ4n) is 2.16. The summed E-state index contributed by atoms with van der Waals surface area (Å²) in [4.78, 5) is 11.9. The molecule has 0 aliphatic rings. The summed E-state index contributed by atoms with van der Waals surface area (Å²) in [6, 6.07) is 14.3. The Balaban J connectivity index is 1.80. The zero-order chi connectivity index (χ0) is 15.2. The van der Waals surface area contributed by atoms with Gasteiger partial charge in [0.1, 0.15) is 0 Å². The molecule has 0 aliphatic carbocycles. The molecule has 21 heavy (non-hydrogen) atoms. The predicted molar refractivity (Wildman–Crippen MR) is 87.4 cm³/mol. The van der Waals surface area contributed by atoms with Crippen molar-refractivity contribution in [2.24, 2.45) is 0 Å². The summed E-state index contributed by atoms with van der Waals surface area (Å²) in [6.45, 7) is 7.00. The van der Waals surface area contributed by atoms with E-state index in [0.29, 0.717) is 6.54 Å². The summed E-state index contributed by atoms with van der Waals surface area (Å²) in [7, 11) is 0. The van der Waals surface area contributed by atoms with Crippen molar-refractivity contribution in [3.8, 4) is 0 Å². The zero-order valence-corrected chi connectivity index (χ0v) is 12.9. The minimum atomic E-state index is -0.00412. The Bertz CT molecular complexity index is 618. The predicted octanol–water partition coefficient (Wildman–Crippen LogP) is 3.34. The molecule has 1 amide bonds. The third kappa shape index (κ3) is 4.63. The van der Waals surface area contributed by atoms with Crippen LogP contribution in [0.3, 0.4) is 0 Å². The second-order valence-electron chi connectivity index (χ2n) is 5.43. The number of carbonyl (C=O) groups is 1. The Kier molecular flexibility index (Phi) is 4.99. The highest BCUT2D eigenvalue weighted by Gasteiger charge is 2.03. The second kappa shape index (κ2) is 6.93. The average molecular weight is 282 g/mol. The first-order valence-electron chi connectivity index (χ1n) is 7.18. The van der Waals surface area contributed by atoms with Crippen molar-refractivity contribution in [1.29, 1.82) is 0 Å². The molecule has 0 fully saturated rings. The molecule has 3 heteroatoms. The summed E-state index contributed by atoms with van der Waals surface area (Å²) < 4.78 is 0. The smallest absolute Gasteiger partial charge is 0.239 e. The molecule has 2 aromatic rings. The van der Waals surface area contributed by atoms with E-state index in [4.69, 9.17) is 0 Å². The molecule has 0 atom stereocenters. The third-order valence-corrected chi connectivity index (χ3v) is 3.43. The lowest BCUT2D eigenvalue weighted by Gasteiger charge is -2.11. The van der Waals surface area contributed by atoms with Gasteiger partial charge in [0.25, 0.3) is 0 Å². The molecular formula is C18H22N2O. The molecule has 2 rings (SSSR count). The van der Waals surface area contributed by atoms with E-state index in [1.807, 2.05) is 31.2 Å². The molecule has 0 aromatic heterocycles. The van der Waals surface area contributed by atoms with Crippen LogP contribution in [0, 0.1) is 20.8 Å². The molecule has 0 spiro atoms.